The second kappa shape index (κ2) is 5.97. The van der Waals surface area contributed by atoms with Gasteiger partial charge in [0, 0.05) is 16.1 Å². The van der Waals surface area contributed by atoms with Crippen LogP contribution in [0.3, 0.4) is 0 Å². The molecule has 0 atom stereocenters. The van der Waals surface area contributed by atoms with Crippen molar-refractivity contribution in [3.8, 4) is 11.1 Å². The van der Waals surface area contributed by atoms with Gasteiger partial charge in [0.15, 0.2) is 0 Å². The highest BCUT2D eigenvalue weighted by Gasteiger charge is 2.31. The van der Waals surface area contributed by atoms with Gasteiger partial charge >= 0.3 is 0 Å². The molecule has 2 aliphatic heterocycles. The van der Waals surface area contributed by atoms with Gasteiger partial charge in [-0.2, -0.15) is 0 Å². The van der Waals surface area contributed by atoms with Crippen LogP contribution >= 0.6 is 47.8 Å². The molecular weight excluding hydrogens is 378 g/mol. The number of hydrogen-bond donors (Lipinski definition) is 3. The first-order chi connectivity index (χ1) is 11.5. The van der Waals surface area contributed by atoms with E-state index in [1.807, 2.05) is 42.5 Å². The summed E-state index contributed by atoms with van der Waals surface area (Å²) in [4.78, 5) is 1.46. The van der Waals surface area contributed by atoms with E-state index in [1.54, 1.807) is 0 Å². The number of benzene rings is 2. The highest BCUT2D eigenvalue weighted by atomic mass is 35.5. The van der Waals surface area contributed by atoms with Gasteiger partial charge < -0.3 is 10.6 Å². The fourth-order valence-corrected chi connectivity index (χ4v) is 4.48. The van der Waals surface area contributed by atoms with Crippen LogP contribution in [-0.2, 0) is 0 Å². The van der Waals surface area contributed by atoms with Crippen LogP contribution in [0, 0.1) is 5.41 Å². The van der Waals surface area contributed by atoms with Gasteiger partial charge in [-0.25, -0.2) is 0 Å². The van der Waals surface area contributed by atoms with Crippen molar-refractivity contribution in [1.82, 2.24) is 10.6 Å². The zero-order chi connectivity index (χ0) is 16.8. The summed E-state index contributed by atoms with van der Waals surface area (Å²) in [6.07, 6.45) is 0. The summed E-state index contributed by atoms with van der Waals surface area (Å²) in [5.41, 5.74) is 4.73. The van der Waals surface area contributed by atoms with Gasteiger partial charge in [-0.15, -0.1) is 0 Å². The van der Waals surface area contributed by atoms with Gasteiger partial charge in [-0.05, 0) is 23.3 Å². The standard InChI is InChI=1S/C17H10ClN3S3/c18-9-6-4-8(5-7-9)10-2-1-3-11-12(10)13(20-15(11)19)14-16(22)21-17(23)24-14/h1-7H,(H2,19,20)(H,21,22,23)/b14-13+. The zero-order valence-corrected chi connectivity index (χ0v) is 15.3. The molecule has 2 aromatic rings. The summed E-state index contributed by atoms with van der Waals surface area (Å²) in [7, 11) is 0. The lowest BCUT2D eigenvalue weighted by Crippen LogP contribution is -2.18. The number of thioether (sulfide) groups is 1. The number of nitrogens with one attached hydrogen (secondary N) is 3. The number of thiocarbonyl (C=S) groups is 2. The van der Waals surface area contributed by atoms with Gasteiger partial charge in [0.2, 0.25) is 0 Å². The van der Waals surface area contributed by atoms with Crippen LogP contribution in [0.4, 0.5) is 0 Å². The molecule has 4 rings (SSSR count). The van der Waals surface area contributed by atoms with Crippen molar-refractivity contribution in [2.45, 2.75) is 0 Å². The molecule has 0 aliphatic carbocycles. The van der Waals surface area contributed by atoms with E-state index in [1.165, 1.54) is 11.8 Å². The second-order valence-electron chi connectivity index (χ2n) is 5.28. The summed E-state index contributed by atoms with van der Waals surface area (Å²) >= 11 is 18.0. The third kappa shape index (κ3) is 2.56. The van der Waals surface area contributed by atoms with E-state index in [4.69, 9.17) is 41.4 Å². The molecule has 1 saturated heterocycles. The van der Waals surface area contributed by atoms with Crippen molar-refractivity contribution in [3.63, 3.8) is 0 Å². The normalized spacial score (nSPS) is 19.3. The van der Waals surface area contributed by atoms with Crippen molar-refractivity contribution in [2.24, 2.45) is 0 Å². The minimum Gasteiger partial charge on any atom is -0.339 e. The van der Waals surface area contributed by atoms with Crippen LogP contribution < -0.4 is 10.6 Å². The van der Waals surface area contributed by atoms with E-state index in [0.717, 1.165) is 32.9 Å². The Kier molecular flexibility index (Phi) is 3.92. The fourth-order valence-electron chi connectivity index (χ4n) is 2.80. The maximum atomic E-state index is 8.26. The second-order valence-corrected chi connectivity index (χ2v) is 7.81. The third-order valence-electron chi connectivity index (χ3n) is 3.83. The molecule has 3 nitrogen and oxygen atoms in total. The van der Waals surface area contributed by atoms with Gasteiger partial charge in [-0.1, -0.05) is 78.1 Å². The quantitative estimate of drug-likeness (QED) is 0.495. The Hall–Kier alpha value is -1.73. The molecule has 7 heteroatoms. The number of fused-ring (bicyclic) bond motifs is 1. The van der Waals surface area contributed by atoms with Crippen LogP contribution in [0.2, 0.25) is 5.02 Å². The van der Waals surface area contributed by atoms with Gasteiger partial charge in [0.1, 0.15) is 15.1 Å². The predicted octanol–water partition coefficient (Wildman–Crippen LogP) is 4.55. The lowest BCUT2D eigenvalue weighted by molar-refractivity contribution is 1.30. The molecule has 1 fully saturated rings. The molecule has 2 aliphatic rings. The predicted molar refractivity (Wildman–Crippen MR) is 110 cm³/mol. The Balaban J connectivity index is 1.97. The molecule has 0 amide bonds. The van der Waals surface area contributed by atoms with Crippen LogP contribution in [0.25, 0.3) is 16.8 Å². The monoisotopic (exact) mass is 387 g/mol. The topological polar surface area (TPSA) is 47.9 Å². The van der Waals surface area contributed by atoms with Crippen LogP contribution in [0.1, 0.15) is 11.1 Å². The van der Waals surface area contributed by atoms with Crippen LogP contribution in [-0.4, -0.2) is 15.1 Å². The summed E-state index contributed by atoms with van der Waals surface area (Å²) in [6, 6.07) is 13.6. The van der Waals surface area contributed by atoms with Crippen molar-refractivity contribution in [3.05, 3.63) is 63.5 Å². The highest BCUT2D eigenvalue weighted by molar-refractivity contribution is 8.27. The minimum atomic E-state index is 0.365. The van der Waals surface area contributed by atoms with Gasteiger partial charge in [-0.3, -0.25) is 5.41 Å². The smallest absolute Gasteiger partial charge is 0.143 e. The number of hydrogen-bond acceptors (Lipinski definition) is 4. The largest absolute Gasteiger partial charge is 0.339 e. The van der Waals surface area contributed by atoms with Crippen molar-refractivity contribution in [2.75, 3.05) is 0 Å². The Labute approximate surface area is 159 Å². The summed E-state index contributed by atoms with van der Waals surface area (Å²) in [5.74, 6) is 0.365. The lowest BCUT2D eigenvalue weighted by atomic mass is 9.95. The van der Waals surface area contributed by atoms with Crippen molar-refractivity contribution in [1.29, 1.82) is 5.41 Å². The molecule has 2 aromatic carbocycles. The molecular formula is C17H10ClN3S3. The first-order valence-electron chi connectivity index (χ1n) is 7.07. The molecule has 2 heterocycles. The van der Waals surface area contributed by atoms with E-state index in [2.05, 4.69) is 10.6 Å². The maximum absolute atomic E-state index is 8.26. The van der Waals surface area contributed by atoms with E-state index in [-0.39, 0.29) is 0 Å². The molecule has 0 radical (unpaired) electrons. The molecule has 0 aromatic heterocycles. The van der Waals surface area contributed by atoms with Crippen molar-refractivity contribution < 1.29 is 0 Å². The fraction of sp³-hybridized carbons (Fsp3) is 0. The third-order valence-corrected chi connectivity index (χ3v) is 5.77. The Morgan fingerprint density at radius 3 is 2.33 bits per heavy atom. The van der Waals surface area contributed by atoms with E-state index >= 15 is 0 Å². The molecule has 0 unspecified atom stereocenters. The molecule has 118 valence electrons. The molecule has 0 spiro atoms. The summed E-state index contributed by atoms with van der Waals surface area (Å²) in [5, 5.41) is 15.1. The van der Waals surface area contributed by atoms with E-state index < -0.39 is 0 Å². The first-order valence-corrected chi connectivity index (χ1v) is 9.08. The molecule has 0 saturated carbocycles. The Bertz CT molecular complexity index is 948. The SMILES string of the molecule is N=C1N/C(=C2/SC(=S)NC2=S)c2c1cccc2-c1ccc(Cl)cc1. The maximum Gasteiger partial charge on any atom is 0.143 e. The Morgan fingerprint density at radius 2 is 1.67 bits per heavy atom. The Morgan fingerprint density at radius 1 is 0.958 bits per heavy atom. The average molecular weight is 388 g/mol. The molecule has 24 heavy (non-hydrogen) atoms. The number of rotatable bonds is 1. The van der Waals surface area contributed by atoms with E-state index in [0.29, 0.717) is 20.2 Å². The lowest BCUT2D eigenvalue weighted by Gasteiger charge is -2.11. The van der Waals surface area contributed by atoms with E-state index in [9.17, 15) is 0 Å². The highest BCUT2D eigenvalue weighted by Crippen LogP contribution is 2.40. The van der Waals surface area contributed by atoms with Gasteiger partial charge in [0.05, 0.1) is 10.6 Å². The summed E-state index contributed by atoms with van der Waals surface area (Å²) in [6.45, 7) is 0. The minimum absolute atomic E-state index is 0.365. The van der Waals surface area contributed by atoms with Gasteiger partial charge in [0.25, 0.3) is 0 Å². The zero-order valence-electron chi connectivity index (χ0n) is 12.1. The molecule has 3 N–H and O–H groups in total. The first kappa shape index (κ1) is 15.8. The number of halogens is 1. The van der Waals surface area contributed by atoms with Crippen LogP contribution in [0.15, 0.2) is 47.4 Å². The number of amidine groups is 1. The molecule has 0 bridgehead atoms. The average Bonchev–Trinajstić information content (AvgIpc) is 3.07. The summed E-state index contributed by atoms with van der Waals surface area (Å²) < 4.78 is 0.633. The van der Waals surface area contributed by atoms with Crippen LogP contribution in [0.5, 0.6) is 0 Å². The van der Waals surface area contributed by atoms with Crippen molar-refractivity contribution >= 4 is 68.6 Å².